The van der Waals surface area contributed by atoms with Crippen LogP contribution in [0.5, 0.6) is 0 Å². The summed E-state index contributed by atoms with van der Waals surface area (Å²) in [6, 6.07) is 9.34. The van der Waals surface area contributed by atoms with Gasteiger partial charge in [0.25, 0.3) is 0 Å². The highest BCUT2D eigenvalue weighted by atomic mass is 16.7. The standard InChI is InChI=1S/C50H80N2O16/c1-12-39(56)64-38-27-41(58)61-31(4)21-24-52(23-17-20-35-18-15-14-16-19-35)29-37(55)30(3)26-36(22-25-53)46(47(38)60-11)67-49-44(59)43(51(9)10)45(32(5)63-49)66-42-28-50(8,68-34(7)54)48(33(6)62-42)65-40(57)13-2/h14-16,18-19,25,30-33,36-38,42-49,55,59H,12-13,17,20-24,26-29H2,1-11H3/t30-,31-,32-,33+,36+,37+,38-,42+,43-,44-,45-,46+,47+,48+,49+,50-/m1/s1. The number of aldehydes is 1. The number of hydrogen-bond donors (Lipinski definition) is 2. The summed E-state index contributed by atoms with van der Waals surface area (Å²) in [5, 5.41) is 24.2. The zero-order valence-electron chi connectivity index (χ0n) is 42.1. The van der Waals surface area contributed by atoms with Crippen LogP contribution in [0.25, 0.3) is 0 Å². The number of esters is 4. The Kier molecular flexibility index (Phi) is 22.7. The number of nitrogens with zero attached hydrogens (tertiary/aromatic N) is 2. The van der Waals surface area contributed by atoms with Gasteiger partial charge in [-0.3, -0.25) is 19.2 Å². The molecule has 2 N–H and O–H groups in total. The van der Waals surface area contributed by atoms with Gasteiger partial charge in [-0.2, -0.15) is 0 Å². The molecule has 1 aromatic rings. The lowest BCUT2D eigenvalue weighted by molar-refractivity contribution is -0.344. The number of carbonyl (C=O) groups is 5. The van der Waals surface area contributed by atoms with Crippen molar-refractivity contribution in [3.63, 3.8) is 0 Å². The number of likely N-dealkylation sites (N-methyl/N-ethyl adjacent to an activating group) is 1. The van der Waals surface area contributed by atoms with Crippen molar-refractivity contribution in [2.75, 3.05) is 40.8 Å². The van der Waals surface area contributed by atoms with Crippen molar-refractivity contribution < 1.29 is 76.8 Å². The average Bonchev–Trinajstić information content (AvgIpc) is 3.27. The third-order valence-electron chi connectivity index (χ3n) is 13.4. The van der Waals surface area contributed by atoms with Gasteiger partial charge in [-0.05, 0) is 91.4 Å². The molecule has 0 amide bonds. The Morgan fingerprint density at radius 3 is 2.24 bits per heavy atom. The Balaban J connectivity index is 1.68. The fraction of sp³-hybridized carbons (Fsp3) is 0.780. The molecule has 3 heterocycles. The largest absolute Gasteiger partial charge is 0.463 e. The van der Waals surface area contributed by atoms with E-state index in [0.717, 1.165) is 19.1 Å². The lowest BCUT2D eigenvalue weighted by atomic mass is 9.82. The average molecular weight is 965 g/mol. The van der Waals surface area contributed by atoms with E-state index in [9.17, 15) is 34.2 Å². The minimum Gasteiger partial charge on any atom is -0.463 e. The van der Waals surface area contributed by atoms with E-state index < -0.39 is 121 Å². The summed E-state index contributed by atoms with van der Waals surface area (Å²) >= 11 is 0. The number of aliphatic hydroxyl groups is 2. The molecule has 16 atom stereocenters. The number of methoxy groups -OCH3 is 1. The Labute approximate surface area is 402 Å². The summed E-state index contributed by atoms with van der Waals surface area (Å²) in [5.74, 6) is -3.40. The summed E-state index contributed by atoms with van der Waals surface area (Å²) in [6.45, 7) is 14.9. The Hall–Kier alpha value is -3.59. The highest BCUT2D eigenvalue weighted by molar-refractivity contribution is 5.73. The molecule has 3 saturated heterocycles. The second-order valence-corrected chi connectivity index (χ2v) is 19.2. The third-order valence-corrected chi connectivity index (χ3v) is 13.4. The maximum absolute atomic E-state index is 13.7. The summed E-state index contributed by atoms with van der Waals surface area (Å²) in [6.07, 6.45) is -9.34. The monoisotopic (exact) mass is 965 g/mol. The molecule has 1 aromatic carbocycles. The lowest BCUT2D eigenvalue weighted by Gasteiger charge is -2.50. The minimum atomic E-state index is -1.42. The Morgan fingerprint density at radius 1 is 0.941 bits per heavy atom. The van der Waals surface area contributed by atoms with Crippen LogP contribution in [0.1, 0.15) is 112 Å². The number of benzene rings is 1. The number of rotatable bonds is 17. The van der Waals surface area contributed by atoms with E-state index >= 15 is 0 Å². The molecule has 386 valence electrons. The van der Waals surface area contributed by atoms with Crippen molar-refractivity contribution >= 4 is 30.2 Å². The van der Waals surface area contributed by atoms with Crippen molar-refractivity contribution in [1.29, 1.82) is 0 Å². The number of aryl methyl sites for hydroxylation is 1. The molecule has 0 radical (unpaired) electrons. The van der Waals surface area contributed by atoms with Gasteiger partial charge in [0.05, 0.1) is 36.9 Å². The topological polar surface area (TPSA) is 215 Å². The lowest BCUT2D eigenvalue weighted by Crippen LogP contribution is -2.66. The molecule has 3 aliphatic heterocycles. The number of carbonyl (C=O) groups excluding carboxylic acids is 5. The molecule has 0 aromatic heterocycles. The van der Waals surface area contributed by atoms with Gasteiger partial charge in [-0.1, -0.05) is 51.1 Å². The van der Waals surface area contributed by atoms with E-state index in [1.165, 1.54) is 19.6 Å². The van der Waals surface area contributed by atoms with E-state index in [-0.39, 0.29) is 38.0 Å². The summed E-state index contributed by atoms with van der Waals surface area (Å²) in [4.78, 5) is 68.1. The van der Waals surface area contributed by atoms with Gasteiger partial charge in [-0.25, -0.2) is 0 Å². The van der Waals surface area contributed by atoms with Crippen LogP contribution in [0, 0.1) is 11.8 Å². The maximum atomic E-state index is 13.7. The first-order valence-electron chi connectivity index (χ1n) is 24.4. The smallest absolute Gasteiger partial charge is 0.309 e. The SMILES string of the molecule is CCC(=O)O[C@@H]1CC(=O)O[C@H](C)CCN(CCCc2ccccc2)C[C@H](O)[C@H](C)C[C@H](CC=O)[C@H](O[C@@H]2O[C@H](C)[C@@H](O[C@H]3C[C@@](C)(OC(C)=O)[C@@H](OC(=O)CC)[C@H](C)O3)[C@H](N(C)C)[C@H]2O)[C@H]1OC. The fourth-order valence-corrected chi connectivity index (χ4v) is 9.80. The Bertz CT molecular complexity index is 1740. The molecule has 3 aliphatic rings. The first kappa shape index (κ1) is 57.0. The van der Waals surface area contributed by atoms with Crippen molar-refractivity contribution in [1.82, 2.24) is 9.80 Å². The molecule has 18 heteroatoms. The highest BCUT2D eigenvalue weighted by Gasteiger charge is 2.54. The summed E-state index contributed by atoms with van der Waals surface area (Å²) in [5.41, 5.74) is -0.114. The molecule has 18 nitrogen and oxygen atoms in total. The molecule has 0 bridgehead atoms. The van der Waals surface area contributed by atoms with Crippen LogP contribution in [0.4, 0.5) is 0 Å². The second-order valence-electron chi connectivity index (χ2n) is 19.2. The van der Waals surface area contributed by atoms with Crippen molar-refractivity contribution in [3.05, 3.63) is 35.9 Å². The van der Waals surface area contributed by atoms with E-state index in [4.69, 9.17) is 42.6 Å². The molecular weight excluding hydrogens is 885 g/mol. The predicted octanol–water partition coefficient (Wildman–Crippen LogP) is 4.16. The predicted molar refractivity (Wildman–Crippen MR) is 248 cm³/mol. The molecule has 0 aliphatic carbocycles. The van der Waals surface area contributed by atoms with Crippen LogP contribution < -0.4 is 0 Å². The third kappa shape index (κ3) is 16.2. The van der Waals surface area contributed by atoms with Gasteiger partial charge in [0.2, 0.25) is 0 Å². The quantitative estimate of drug-likeness (QED) is 0.127. The molecule has 0 unspecified atom stereocenters. The summed E-state index contributed by atoms with van der Waals surface area (Å²) < 4.78 is 55.6. The van der Waals surface area contributed by atoms with E-state index in [0.29, 0.717) is 26.1 Å². The molecule has 68 heavy (non-hydrogen) atoms. The van der Waals surface area contributed by atoms with E-state index in [1.54, 1.807) is 60.5 Å². The molecular formula is C50H80N2O16. The van der Waals surface area contributed by atoms with Gasteiger partial charge < -0.3 is 67.4 Å². The van der Waals surface area contributed by atoms with E-state index in [2.05, 4.69) is 17.0 Å². The second kappa shape index (κ2) is 27.1. The maximum Gasteiger partial charge on any atom is 0.309 e. The van der Waals surface area contributed by atoms with Crippen LogP contribution in [0.15, 0.2) is 30.3 Å². The van der Waals surface area contributed by atoms with Crippen LogP contribution >= 0.6 is 0 Å². The van der Waals surface area contributed by atoms with Crippen molar-refractivity contribution in [2.45, 2.75) is 198 Å². The number of aliphatic hydroxyl groups excluding tert-OH is 2. The number of hydrogen-bond acceptors (Lipinski definition) is 18. The Morgan fingerprint density at radius 2 is 1.62 bits per heavy atom. The van der Waals surface area contributed by atoms with Gasteiger partial charge in [0, 0.05) is 52.8 Å². The molecule has 4 rings (SSSR count). The molecule has 3 fully saturated rings. The van der Waals surface area contributed by atoms with Gasteiger partial charge in [0.15, 0.2) is 24.3 Å². The zero-order chi connectivity index (χ0) is 50.3. The number of ether oxygens (including phenoxy) is 9. The van der Waals surface area contributed by atoms with Gasteiger partial charge in [0.1, 0.15) is 36.8 Å². The van der Waals surface area contributed by atoms with Crippen molar-refractivity contribution in [2.24, 2.45) is 11.8 Å². The van der Waals surface area contributed by atoms with Crippen LogP contribution in [-0.4, -0.2) is 176 Å². The van der Waals surface area contributed by atoms with Gasteiger partial charge in [-0.15, -0.1) is 0 Å². The number of cyclic esters (lactones) is 1. The first-order chi connectivity index (χ1) is 32.2. The number of β-amino-alcohol motifs (C(OH)–C–C–N with tert-alkyl or cyclic N) is 1. The highest BCUT2D eigenvalue weighted by Crippen LogP contribution is 2.39. The molecule has 0 spiro atoms. The summed E-state index contributed by atoms with van der Waals surface area (Å²) in [7, 11) is 4.89. The normalized spacial score (nSPS) is 35.9. The van der Waals surface area contributed by atoms with Crippen molar-refractivity contribution in [3.8, 4) is 0 Å². The first-order valence-corrected chi connectivity index (χ1v) is 24.4. The van der Waals surface area contributed by atoms with E-state index in [1.807, 2.05) is 25.1 Å². The minimum absolute atomic E-state index is 0.00701. The van der Waals surface area contributed by atoms with Crippen LogP contribution in [-0.2, 0) is 73.0 Å². The molecule has 0 saturated carbocycles. The van der Waals surface area contributed by atoms with Gasteiger partial charge >= 0.3 is 23.9 Å². The fourth-order valence-electron chi connectivity index (χ4n) is 9.80. The van der Waals surface area contributed by atoms with Crippen LogP contribution in [0.2, 0.25) is 0 Å². The van der Waals surface area contributed by atoms with Crippen LogP contribution in [0.3, 0.4) is 0 Å². The zero-order valence-corrected chi connectivity index (χ0v) is 42.1.